The van der Waals surface area contributed by atoms with E-state index in [9.17, 15) is 0 Å². The van der Waals surface area contributed by atoms with Crippen molar-refractivity contribution in [2.75, 3.05) is 11.9 Å². The summed E-state index contributed by atoms with van der Waals surface area (Å²) in [5.41, 5.74) is 0.943. The molecule has 14 heavy (non-hydrogen) atoms. The molecule has 0 radical (unpaired) electrons. The lowest BCUT2D eigenvalue weighted by molar-refractivity contribution is 1.21. The highest BCUT2D eigenvalue weighted by atomic mass is 15.1. The Kier molecular flexibility index (Phi) is 1.32. The zero-order chi connectivity index (χ0) is 14.2. The van der Waals surface area contributed by atoms with Gasteiger partial charge >= 0.3 is 0 Å². The van der Waals surface area contributed by atoms with Crippen LogP contribution in [-0.2, 0) is 0 Å². The molecule has 0 spiro atoms. The average molecular weight is 193 g/mol. The van der Waals surface area contributed by atoms with Gasteiger partial charge in [-0.25, -0.2) is 0 Å². The zero-order valence-corrected chi connectivity index (χ0v) is 7.83. The van der Waals surface area contributed by atoms with Crippen LogP contribution < -0.4 is 4.90 Å². The summed E-state index contributed by atoms with van der Waals surface area (Å²) in [6.07, 6.45) is 0. The number of nitrogens with zero attached hydrogens (tertiary/aromatic N) is 1. The summed E-state index contributed by atoms with van der Waals surface area (Å²) in [6.45, 7) is 0. The Morgan fingerprint density at radius 1 is 0.929 bits per heavy atom. The summed E-state index contributed by atoms with van der Waals surface area (Å²) in [5, 5.41) is 0. The van der Waals surface area contributed by atoms with E-state index in [0.717, 1.165) is 5.69 Å². The zero-order valence-electron chi connectivity index (χ0n) is 12.8. The van der Waals surface area contributed by atoms with Gasteiger partial charge < -0.3 is 4.90 Å². The number of hydrogen-bond acceptors (Lipinski definition) is 1. The predicted molar refractivity (Wildman–Crippen MR) is 60.9 cm³/mol. The summed E-state index contributed by atoms with van der Waals surface area (Å²) in [4.78, 5) is 1.60. The van der Waals surface area contributed by atoms with Crippen molar-refractivity contribution in [2.24, 2.45) is 0 Å². The number of hydrogen-bond donors (Lipinski definition) is 0. The van der Waals surface area contributed by atoms with Crippen molar-refractivity contribution in [3.63, 3.8) is 0 Å². The van der Waals surface area contributed by atoms with Crippen LogP contribution in [0.4, 0.5) is 11.4 Å². The molecule has 70 valence electrons. The fraction of sp³-hybridized carbons (Fsp3) is 0.0769. The van der Waals surface area contributed by atoms with Crippen molar-refractivity contribution in [3.05, 3.63) is 60.5 Å². The van der Waals surface area contributed by atoms with E-state index in [0.29, 0.717) is 0 Å². The van der Waals surface area contributed by atoms with Crippen molar-refractivity contribution in [3.8, 4) is 0 Å². The third-order valence-electron chi connectivity index (χ3n) is 1.97. The molecule has 0 bridgehead atoms. The molecule has 0 aliphatic carbocycles. The lowest BCUT2D eigenvalue weighted by Crippen LogP contribution is -2.08. The Hall–Kier alpha value is -1.76. The fourth-order valence-corrected chi connectivity index (χ4v) is 1.19. The van der Waals surface area contributed by atoms with Crippen LogP contribution in [0.1, 0.15) is 6.85 Å². The van der Waals surface area contributed by atoms with Crippen LogP contribution in [0.5, 0.6) is 0 Å². The Morgan fingerprint density at radius 3 is 2.21 bits per heavy atom. The first-order chi connectivity index (χ1) is 8.95. The maximum Gasteiger partial charge on any atom is 0.0645 e. The molecule has 1 nitrogen and oxygen atoms in total. The normalized spacial score (nSPS) is 14.8. The van der Waals surface area contributed by atoms with Gasteiger partial charge in [-0.3, -0.25) is 0 Å². The van der Waals surface area contributed by atoms with Gasteiger partial charge in [-0.2, -0.15) is 0 Å². The minimum Gasteiger partial charge on any atom is -0.345 e. The highest BCUT2D eigenvalue weighted by molar-refractivity contribution is 5.61. The van der Waals surface area contributed by atoms with Gasteiger partial charge in [0.2, 0.25) is 0 Å². The van der Waals surface area contributed by atoms with Gasteiger partial charge in [0.25, 0.3) is 0 Å². The van der Waals surface area contributed by atoms with Crippen LogP contribution in [0.15, 0.2) is 60.5 Å². The second-order valence-corrected chi connectivity index (χ2v) is 2.87. The average Bonchev–Trinajstić information content (AvgIpc) is 2.44. The summed E-state index contributed by atoms with van der Waals surface area (Å²) in [7, 11) is 1.68. The van der Waals surface area contributed by atoms with Crippen LogP contribution >= 0.6 is 0 Å². The molecule has 2 aromatic carbocycles. The molecule has 2 rings (SSSR count). The van der Waals surface area contributed by atoms with E-state index in [1.807, 2.05) is 30.3 Å². The molecule has 2 aromatic rings. The lowest BCUT2D eigenvalue weighted by atomic mass is 10.2. The van der Waals surface area contributed by atoms with Gasteiger partial charge in [0.05, 0.1) is 6.85 Å². The molecule has 0 N–H and O–H groups in total. The van der Waals surface area contributed by atoms with E-state index in [1.54, 1.807) is 11.9 Å². The summed E-state index contributed by atoms with van der Waals surface area (Å²) in [5.74, 6) is 0. The van der Waals surface area contributed by atoms with Gasteiger partial charge in [-0.05, 0) is 24.2 Å². The maximum absolute atomic E-state index is 7.90. The molecule has 0 unspecified atom stereocenters. The predicted octanol–water partition coefficient (Wildman–Crippen LogP) is 3.45. The van der Waals surface area contributed by atoms with Crippen LogP contribution in [0.2, 0.25) is 0 Å². The molecular weight excluding hydrogens is 170 g/mol. The van der Waals surface area contributed by atoms with Crippen molar-refractivity contribution in [1.29, 1.82) is 0 Å². The number of para-hydroxylation sites is 2. The Balaban J connectivity index is 2.64. The quantitative estimate of drug-likeness (QED) is 0.706. The molecule has 0 fully saturated rings. The molecule has 0 amide bonds. The van der Waals surface area contributed by atoms with Crippen molar-refractivity contribution in [2.45, 2.75) is 0 Å². The smallest absolute Gasteiger partial charge is 0.0645 e. The van der Waals surface area contributed by atoms with E-state index in [4.69, 9.17) is 6.85 Å². The molecular formula is C13H13N. The first-order valence-corrected chi connectivity index (χ1v) is 4.31. The summed E-state index contributed by atoms with van der Waals surface area (Å²) in [6, 6.07) is 7.76. The molecule has 0 aliphatic rings. The van der Waals surface area contributed by atoms with Gasteiger partial charge in [0.15, 0.2) is 0 Å². The van der Waals surface area contributed by atoms with Crippen LogP contribution in [0.3, 0.4) is 0 Å². The van der Waals surface area contributed by atoms with Gasteiger partial charge in [0, 0.05) is 18.4 Å². The Labute approximate surface area is 91.6 Å². The number of benzene rings is 2. The molecule has 0 atom stereocenters. The van der Waals surface area contributed by atoms with Crippen molar-refractivity contribution < 1.29 is 6.85 Å². The lowest BCUT2D eigenvalue weighted by Gasteiger charge is -2.18. The molecule has 0 aliphatic heterocycles. The monoisotopic (exact) mass is 193 g/mol. The van der Waals surface area contributed by atoms with Gasteiger partial charge in [-0.15, -0.1) is 0 Å². The van der Waals surface area contributed by atoms with Gasteiger partial charge in [-0.1, -0.05) is 36.3 Å². The highest BCUT2D eigenvalue weighted by Crippen LogP contribution is 2.21. The molecule has 0 saturated carbocycles. The molecule has 0 saturated heterocycles. The molecule has 0 aromatic heterocycles. The second-order valence-electron chi connectivity index (χ2n) is 2.87. The maximum atomic E-state index is 7.90. The van der Waals surface area contributed by atoms with E-state index < -0.39 is 0 Å². The van der Waals surface area contributed by atoms with E-state index in [1.165, 1.54) is 0 Å². The minimum absolute atomic E-state index is 0.178. The highest BCUT2D eigenvalue weighted by Gasteiger charge is 2.00. The van der Waals surface area contributed by atoms with E-state index in [2.05, 4.69) is 0 Å². The largest absolute Gasteiger partial charge is 0.345 e. The van der Waals surface area contributed by atoms with Crippen LogP contribution in [-0.4, -0.2) is 7.05 Å². The van der Waals surface area contributed by atoms with Crippen LogP contribution in [0, 0.1) is 0 Å². The summed E-state index contributed by atoms with van der Waals surface area (Å²) >= 11 is 0. The van der Waals surface area contributed by atoms with E-state index in [-0.39, 0.29) is 35.9 Å². The topological polar surface area (TPSA) is 3.24 Å². The van der Waals surface area contributed by atoms with E-state index >= 15 is 0 Å². The minimum atomic E-state index is -0.375. The third-order valence-corrected chi connectivity index (χ3v) is 1.97. The van der Waals surface area contributed by atoms with Crippen molar-refractivity contribution >= 4 is 11.4 Å². The molecule has 1 heteroatoms. The number of rotatable bonds is 2. The van der Waals surface area contributed by atoms with Crippen molar-refractivity contribution in [1.82, 2.24) is 0 Å². The van der Waals surface area contributed by atoms with Gasteiger partial charge in [0.1, 0.15) is 0 Å². The second kappa shape index (κ2) is 3.97. The Bertz CT molecular complexity index is 583. The standard InChI is InChI=1S/C13H13N/c1-14(12-8-4-2-5-9-12)13-10-6-3-7-11-13/h2-11H,1H3/i2T,4T,5T,8T,9T. The number of anilines is 2. The third kappa shape index (κ3) is 1.77. The summed E-state index contributed by atoms with van der Waals surface area (Å²) < 4.78 is 38.7. The first-order valence-electron chi connectivity index (χ1n) is 6.81. The van der Waals surface area contributed by atoms with Crippen LogP contribution in [0.25, 0.3) is 0 Å². The first kappa shape index (κ1) is 4.65. The fourth-order valence-electron chi connectivity index (χ4n) is 1.19. The molecule has 0 heterocycles. The Morgan fingerprint density at radius 2 is 1.57 bits per heavy atom. The SMILES string of the molecule is [3H]c1c([3H])c([3H])c(N(C)c2ccccc2)c([3H])c1[3H].